The summed E-state index contributed by atoms with van der Waals surface area (Å²) in [5.41, 5.74) is 0.0317. The summed E-state index contributed by atoms with van der Waals surface area (Å²) in [5.74, 6) is -0.284. The first-order valence-corrected chi connectivity index (χ1v) is 5.93. The Bertz CT molecular complexity index is 292. The van der Waals surface area contributed by atoms with Gasteiger partial charge in [-0.25, -0.2) is 4.79 Å². The van der Waals surface area contributed by atoms with E-state index in [1.165, 1.54) is 6.08 Å². The molecule has 0 spiro atoms. The van der Waals surface area contributed by atoms with Gasteiger partial charge in [0.1, 0.15) is 0 Å². The second-order valence-electron chi connectivity index (χ2n) is 5.56. The van der Waals surface area contributed by atoms with Crippen LogP contribution in [0.4, 0.5) is 0 Å². The normalized spacial score (nSPS) is 24.6. The molecule has 1 aliphatic heterocycles. The smallest absolute Gasteiger partial charge is 0.349 e. The van der Waals surface area contributed by atoms with E-state index in [0.29, 0.717) is 0 Å². The minimum Gasteiger partial charge on any atom is -0.364 e. The fraction of sp³-hybridized carbons (Fsp3) is 0.769. The van der Waals surface area contributed by atoms with Crippen molar-refractivity contribution in [3.05, 3.63) is 12.2 Å². The van der Waals surface area contributed by atoms with Gasteiger partial charge in [-0.2, -0.15) is 0 Å². The highest BCUT2D eigenvalue weighted by molar-refractivity contribution is 5.81. The molecule has 0 radical (unpaired) electrons. The first-order valence-electron chi connectivity index (χ1n) is 5.93. The lowest BCUT2D eigenvalue weighted by atomic mass is 9.69. The van der Waals surface area contributed by atoms with Crippen LogP contribution in [-0.2, 0) is 9.63 Å². The number of piperidine rings is 1. The van der Waals surface area contributed by atoms with E-state index in [-0.39, 0.29) is 16.9 Å². The summed E-state index contributed by atoms with van der Waals surface area (Å²) in [7, 11) is 0. The molecule has 1 heterocycles. The summed E-state index contributed by atoms with van der Waals surface area (Å²) in [6.45, 7) is 11.3. The Morgan fingerprint density at radius 1 is 1.31 bits per heavy atom. The predicted octanol–water partition coefficient (Wildman–Crippen LogP) is 2.92. The van der Waals surface area contributed by atoms with Gasteiger partial charge in [0.15, 0.2) is 0 Å². The van der Waals surface area contributed by atoms with Crippen LogP contribution in [0.3, 0.4) is 0 Å². The third kappa shape index (κ3) is 2.46. The molecule has 0 N–H and O–H groups in total. The van der Waals surface area contributed by atoms with Crippen LogP contribution in [0.15, 0.2) is 12.2 Å². The third-order valence-corrected chi connectivity index (χ3v) is 3.95. The highest BCUT2D eigenvalue weighted by Gasteiger charge is 2.46. The topological polar surface area (TPSA) is 29.5 Å². The molecular formula is C13H23NO2. The van der Waals surface area contributed by atoms with Crippen LogP contribution in [0.1, 0.15) is 47.5 Å². The van der Waals surface area contributed by atoms with Gasteiger partial charge in [0, 0.05) is 12.6 Å². The molecule has 0 saturated carbocycles. The molecule has 0 atom stereocenters. The Labute approximate surface area is 98.4 Å². The van der Waals surface area contributed by atoms with Gasteiger partial charge in [-0.3, -0.25) is 0 Å². The minimum absolute atomic E-state index is 0.123. The highest BCUT2D eigenvalue weighted by Crippen LogP contribution is 2.43. The molecule has 1 fully saturated rings. The van der Waals surface area contributed by atoms with Gasteiger partial charge < -0.3 is 4.84 Å². The first kappa shape index (κ1) is 13.2. The fourth-order valence-corrected chi connectivity index (χ4v) is 2.02. The molecule has 92 valence electrons. The van der Waals surface area contributed by atoms with E-state index in [4.69, 9.17) is 4.84 Å². The molecule has 0 aliphatic carbocycles. The summed E-state index contributed by atoms with van der Waals surface area (Å²) in [4.78, 5) is 16.8. The molecule has 1 aliphatic rings. The zero-order valence-corrected chi connectivity index (χ0v) is 11.0. The van der Waals surface area contributed by atoms with Crippen LogP contribution in [0.2, 0.25) is 0 Å². The van der Waals surface area contributed by atoms with Crippen molar-refractivity contribution in [1.29, 1.82) is 0 Å². The van der Waals surface area contributed by atoms with Gasteiger partial charge in [0.2, 0.25) is 0 Å². The Hall–Kier alpha value is -0.830. The standard InChI is InChI=1S/C13H23NO2/c1-6-8-11(15)16-14-10-7-9-12(2,3)13(14,4)5/h6,8H,7,9-10H2,1-5H3. The summed E-state index contributed by atoms with van der Waals surface area (Å²) < 4.78 is 0. The maximum Gasteiger partial charge on any atom is 0.349 e. The van der Waals surface area contributed by atoms with Crippen molar-refractivity contribution in [2.75, 3.05) is 6.54 Å². The number of rotatable bonds is 2. The van der Waals surface area contributed by atoms with Crippen LogP contribution in [0, 0.1) is 5.41 Å². The lowest BCUT2D eigenvalue weighted by molar-refractivity contribution is -0.243. The summed E-state index contributed by atoms with van der Waals surface area (Å²) in [6.07, 6.45) is 5.39. The zero-order valence-electron chi connectivity index (χ0n) is 11.0. The first-order chi connectivity index (χ1) is 7.31. The average molecular weight is 225 g/mol. The number of carbonyl (C=O) groups excluding carboxylic acids is 1. The van der Waals surface area contributed by atoms with Crippen molar-refractivity contribution < 1.29 is 9.63 Å². The van der Waals surface area contributed by atoms with E-state index >= 15 is 0 Å². The molecular weight excluding hydrogens is 202 g/mol. The second kappa shape index (κ2) is 4.58. The molecule has 0 aromatic heterocycles. The van der Waals surface area contributed by atoms with Crippen molar-refractivity contribution in [3.8, 4) is 0 Å². The van der Waals surface area contributed by atoms with Crippen molar-refractivity contribution in [2.24, 2.45) is 5.41 Å². The third-order valence-electron chi connectivity index (χ3n) is 3.95. The number of carbonyl (C=O) groups is 1. The quantitative estimate of drug-likeness (QED) is 0.677. The van der Waals surface area contributed by atoms with Crippen LogP contribution in [0.25, 0.3) is 0 Å². The van der Waals surface area contributed by atoms with Crippen LogP contribution >= 0.6 is 0 Å². The van der Waals surface area contributed by atoms with Gasteiger partial charge >= 0.3 is 5.97 Å². The average Bonchev–Trinajstić information content (AvgIpc) is 2.14. The number of hydroxylamine groups is 2. The van der Waals surface area contributed by atoms with E-state index < -0.39 is 0 Å². The minimum atomic E-state index is -0.284. The molecule has 3 heteroatoms. The van der Waals surface area contributed by atoms with Crippen molar-refractivity contribution in [3.63, 3.8) is 0 Å². The SMILES string of the molecule is CC=CC(=O)ON1CCCC(C)(C)C1(C)C. The van der Waals surface area contributed by atoms with Gasteiger partial charge in [0.25, 0.3) is 0 Å². The van der Waals surface area contributed by atoms with E-state index in [0.717, 1.165) is 19.4 Å². The summed E-state index contributed by atoms with van der Waals surface area (Å²) in [5, 5.41) is 1.83. The summed E-state index contributed by atoms with van der Waals surface area (Å²) in [6, 6.07) is 0. The molecule has 0 amide bonds. The second-order valence-corrected chi connectivity index (χ2v) is 5.56. The number of hydrogen-bond acceptors (Lipinski definition) is 3. The highest BCUT2D eigenvalue weighted by atomic mass is 16.7. The lowest BCUT2D eigenvalue weighted by Crippen LogP contribution is -2.57. The van der Waals surface area contributed by atoms with E-state index in [2.05, 4.69) is 27.7 Å². The molecule has 3 nitrogen and oxygen atoms in total. The molecule has 0 aromatic rings. The van der Waals surface area contributed by atoms with Crippen molar-refractivity contribution in [1.82, 2.24) is 5.06 Å². The van der Waals surface area contributed by atoms with Crippen molar-refractivity contribution in [2.45, 2.75) is 53.0 Å². The van der Waals surface area contributed by atoms with Crippen molar-refractivity contribution >= 4 is 5.97 Å². The Morgan fingerprint density at radius 3 is 2.50 bits per heavy atom. The largest absolute Gasteiger partial charge is 0.364 e. The number of allylic oxidation sites excluding steroid dienone is 1. The Balaban J connectivity index is 2.76. The Kier molecular flexibility index (Phi) is 3.79. The van der Waals surface area contributed by atoms with E-state index in [1.54, 1.807) is 6.08 Å². The van der Waals surface area contributed by atoms with Gasteiger partial charge in [0.05, 0.1) is 5.54 Å². The van der Waals surface area contributed by atoms with Gasteiger partial charge in [-0.1, -0.05) is 19.9 Å². The molecule has 16 heavy (non-hydrogen) atoms. The molecule has 1 saturated heterocycles. The maximum absolute atomic E-state index is 11.5. The van der Waals surface area contributed by atoms with Crippen LogP contribution in [0.5, 0.6) is 0 Å². The molecule has 0 unspecified atom stereocenters. The molecule has 0 bridgehead atoms. The Morgan fingerprint density at radius 2 is 1.94 bits per heavy atom. The zero-order chi connectivity index (χ0) is 12.4. The lowest BCUT2D eigenvalue weighted by Gasteiger charge is -2.51. The van der Waals surface area contributed by atoms with Gasteiger partial charge in [-0.15, -0.1) is 5.06 Å². The van der Waals surface area contributed by atoms with Crippen LogP contribution in [-0.4, -0.2) is 23.1 Å². The summed E-state index contributed by atoms with van der Waals surface area (Å²) >= 11 is 0. The number of nitrogens with zero attached hydrogens (tertiary/aromatic N) is 1. The maximum atomic E-state index is 11.5. The van der Waals surface area contributed by atoms with Crippen LogP contribution < -0.4 is 0 Å². The van der Waals surface area contributed by atoms with E-state index in [1.807, 2.05) is 12.0 Å². The molecule has 1 rings (SSSR count). The number of hydrogen-bond donors (Lipinski definition) is 0. The van der Waals surface area contributed by atoms with E-state index in [9.17, 15) is 4.79 Å². The fourth-order valence-electron chi connectivity index (χ4n) is 2.02. The van der Waals surface area contributed by atoms with Gasteiger partial charge in [-0.05, 0) is 39.0 Å². The predicted molar refractivity (Wildman–Crippen MR) is 64.7 cm³/mol. The monoisotopic (exact) mass is 225 g/mol. The molecule has 0 aromatic carbocycles.